The molecule has 0 aliphatic rings. The predicted molar refractivity (Wildman–Crippen MR) is 103 cm³/mol. The Balaban J connectivity index is 1.62. The molecule has 0 fully saturated rings. The minimum absolute atomic E-state index is 0.0728. The lowest BCUT2D eigenvalue weighted by Gasteiger charge is -2.07. The van der Waals surface area contributed by atoms with Gasteiger partial charge in [0.15, 0.2) is 0 Å². The molecular formula is C19H21N3O4S. The number of pyridine rings is 1. The highest BCUT2D eigenvalue weighted by atomic mass is 32.2. The first kappa shape index (κ1) is 18.9. The van der Waals surface area contributed by atoms with Crippen LogP contribution < -0.4 is 10.1 Å². The Kier molecular flexibility index (Phi) is 5.46. The lowest BCUT2D eigenvalue weighted by molar-refractivity contribution is 0.0955. The van der Waals surface area contributed by atoms with Gasteiger partial charge in [-0.15, -0.1) is 0 Å². The Morgan fingerprint density at radius 1 is 1.22 bits per heavy atom. The first-order valence-electron chi connectivity index (χ1n) is 8.43. The number of ether oxygens (including phenoxy) is 1. The minimum atomic E-state index is -3.11. The molecule has 3 rings (SSSR count). The van der Waals surface area contributed by atoms with Crippen LogP contribution >= 0.6 is 0 Å². The maximum Gasteiger partial charge on any atom is 0.251 e. The highest BCUT2D eigenvalue weighted by Crippen LogP contribution is 2.16. The second-order valence-corrected chi connectivity index (χ2v) is 8.67. The summed E-state index contributed by atoms with van der Waals surface area (Å²) in [7, 11) is -3.11. The van der Waals surface area contributed by atoms with E-state index < -0.39 is 9.84 Å². The smallest absolute Gasteiger partial charge is 0.251 e. The van der Waals surface area contributed by atoms with E-state index in [1.165, 1.54) is 0 Å². The molecular weight excluding hydrogens is 366 g/mol. The lowest BCUT2D eigenvalue weighted by atomic mass is 10.2. The zero-order valence-electron chi connectivity index (χ0n) is 15.2. The standard InChI is InChI=1S/C19H21N3O4S/c1-14-6-7-18-21-16(12-22(18)11-14)13-26-17-5-3-4-15(10-17)19(23)20-8-9-27(2,24)25/h3-7,10-12H,8-9,13H2,1-2H3,(H,20,23). The Morgan fingerprint density at radius 2 is 2.04 bits per heavy atom. The minimum Gasteiger partial charge on any atom is -0.487 e. The number of nitrogens with one attached hydrogen (secondary N) is 1. The van der Waals surface area contributed by atoms with E-state index in [0.29, 0.717) is 11.3 Å². The number of fused-ring (bicyclic) bond motifs is 1. The Hall–Kier alpha value is -2.87. The fourth-order valence-corrected chi connectivity index (χ4v) is 3.03. The average Bonchev–Trinajstić information content (AvgIpc) is 3.01. The van der Waals surface area contributed by atoms with E-state index in [1.54, 1.807) is 24.3 Å². The van der Waals surface area contributed by atoms with Crippen molar-refractivity contribution in [2.75, 3.05) is 18.6 Å². The van der Waals surface area contributed by atoms with E-state index in [4.69, 9.17) is 4.74 Å². The van der Waals surface area contributed by atoms with E-state index in [-0.39, 0.29) is 24.8 Å². The number of carbonyl (C=O) groups is 1. The lowest BCUT2D eigenvalue weighted by Crippen LogP contribution is -2.28. The molecule has 0 radical (unpaired) electrons. The molecule has 1 N–H and O–H groups in total. The second-order valence-electron chi connectivity index (χ2n) is 6.41. The van der Waals surface area contributed by atoms with Gasteiger partial charge >= 0.3 is 0 Å². The van der Waals surface area contributed by atoms with Crippen molar-refractivity contribution >= 4 is 21.4 Å². The van der Waals surface area contributed by atoms with Crippen LogP contribution in [0, 0.1) is 6.92 Å². The molecule has 1 aromatic carbocycles. The van der Waals surface area contributed by atoms with E-state index in [1.807, 2.05) is 35.9 Å². The van der Waals surface area contributed by atoms with E-state index >= 15 is 0 Å². The predicted octanol–water partition coefficient (Wildman–Crippen LogP) is 2.00. The number of benzene rings is 1. The molecule has 7 nitrogen and oxygen atoms in total. The number of amides is 1. The summed E-state index contributed by atoms with van der Waals surface area (Å²) in [6.07, 6.45) is 5.03. The third-order valence-electron chi connectivity index (χ3n) is 3.89. The molecule has 0 unspecified atom stereocenters. The number of hydrogen-bond donors (Lipinski definition) is 1. The van der Waals surface area contributed by atoms with Crippen molar-refractivity contribution in [3.8, 4) is 5.75 Å². The quantitative estimate of drug-likeness (QED) is 0.670. The van der Waals surface area contributed by atoms with E-state index in [2.05, 4.69) is 10.3 Å². The van der Waals surface area contributed by atoms with Gasteiger partial charge in [-0.1, -0.05) is 12.1 Å². The molecule has 0 saturated carbocycles. The molecule has 2 heterocycles. The van der Waals surface area contributed by atoms with Crippen LogP contribution in [0.25, 0.3) is 5.65 Å². The molecule has 27 heavy (non-hydrogen) atoms. The van der Waals surface area contributed by atoms with Crippen LogP contribution in [-0.4, -0.2) is 42.3 Å². The van der Waals surface area contributed by atoms with Gasteiger partial charge in [-0.3, -0.25) is 4.79 Å². The normalized spacial score (nSPS) is 11.5. The topological polar surface area (TPSA) is 89.8 Å². The molecule has 0 bridgehead atoms. The van der Waals surface area contributed by atoms with Crippen LogP contribution in [0.2, 0.25) is 0 Å². The monoisotopic (exact) mass is 387 g/mol. The third-order valence-corrected chi connectivity index (χ3v) is 4.84. The van der Waals surface area contributed by atoms with Crippen molar-refractivity contribution in [3.63, 3.8) is 0 Å². The molecule has 0 saturated heterocycles. The van der Waals surface area contributed by atoms with Crippen LogP contribution in [0.15, 0.2) is 48.8 Å². The first-order chi connectivity index (χ1) is 12.8. The van der Waals surface area contributed by atoms with Gasteiger partial charge < -0.3 is 14.5 Å². The second kappa shape index (κ2) is 7.79. The number of hydrogen-bond acceptors (Lipinski definition) is 5. The third kappa shape index (κ3) is 5.30. The fraction of sp³-hybridized carbons (Fsp3) is 0.263. The first-order valence-corrected chi connectivity index (χ1v) is 10.5. The van der Waals surface area contributed by atoms with Crippen molar-refractivity contribution in [1.29, 1.82) is 0 Å². The Bertz CT molecular complexity index is 1070. The summed E-state index contributed by atoms with van der Waals surface area (Å²) in [6.45, 7) is 2.37. The largest absolute Gasteiger partial charge is 0.487 e. The zero-order valence-corrected chi connectivity index (χ0v) is 16.0. The number of aryl methyl sites for hydroxylation is 1. The highest BCUT2D eigenvalue weighted by Gasteiger charge is 2.09. The zero-order chi connectivity index (χ0) is 19.4. The van der Waals surface area contributed by atoms with Crippen LogP contribution in [0.5, 0.6) is 5.75 Å². The maximum atomic E-state index is 12.1. The van der Waals surface area contributed by atoms with Gasteiger partial charge in [0, 0.05) is 30.8 Å². The van der Waals surface area contributed by atoms with Crippen LogP contribution in [0.3, 0.4) is 0 Å². The number of sulfone groups is 1. The molecule has 0 atom stereocenters. The summed E-state index contributed by atoms with van der Waals surface area (Å²) in [5.41, 5.74) is 3.18. The van der Waals surface area contributed by atoms with E-state index in [9.17, 15) is 13.2 Å². The number of nitrogens with zero attached hydrogens (tertiary/aromatic N) is 2. The average molecular weight is 387 g/mol. The highest BCUT2D eigenvalue weighted by molar-refractivity contribution is 7.90. The van der Waals surface area contributed by atoms with Crippen molar-refractivity contribution in [2.45, 2.75) is 13.5 Å². The number of aromatic nitrogens is 2. The van der Waals surface area contributed by atoms with Crippen LogP contribution in [-0.2, 0) is 16.4 Å². The summed E-state index contributed by atoms with van der Waals surface area (Å²) in [5, 5.41) is 2.59. The van der Waals surface area contributed by atoms with Gasteiger partial charge in [-0.2, -0.15) is 0 Å². The number of carbonyl (C=O) groups excluding carboxylic acids is 1. The van der Waals surface area contributed by atoms with Gasteiger partial charge in [-0.05, 0) is 36.8 Å². The molecule has 8 heteroatoms. The van der Waals surface area contributed by atoms with Crippen molar-refractivity contribution in [2.24, 2.45) is 0 Å². The summed E-state index contributed by atoms with van der Waals surface area (Å²) in [6, 6.07) is 10.7. The van der Waals surface area contributed by atoms with Crippen LogP contribution in [0.1, 0.15) is 21.6 Å². The molecule has 1 amide bonds. The summed E-state index contributed by atoms with van der Waals surface area (Å²) in [4.78, 5) is 16.6. The number of rotatable bonds is 7. The van der Waals surface area contributed by atoms with Gasteiger partial charge in [0.2, 0.25) is 0 Å². The Morgan fingerprint density at radius 3 is 2.81 bits per heavy atom. The van der Waals surface area contributed by atoms with Gasteiger partial charge in [0.1, 0.15) is 27.8 Å². The molecule has 0 spiro atoms. The van der Waals surface area contributed by atoms with Crippen molar-refractivity contribution in [1.82, 2.24) is 14.7 Å². The Labute approximate surface area is 157 Å². The number of imidazole rings is 1. The summed E-state index contributed by atoms with van der Waals surface area (Å²) < 4.78 is 29.9. The van der Waals surface area contributed by atoms with Crippen LogP contribution in [0.4, 0.5) is 0 Å². The van der Waals surface area contributed by atoms with E-state index in [0.717, 1.165) is 23.2 Å². The molecule has 2 aromatic heterocycles. The van der Waals surface area contributed by atoms with Crippen molar-refractivity contribution < 1.29 is 17.9 Å². The molecule has 0 aliphatic carbocycles. The molecule has 142 valence electrons. The van der Waals surface area contributed by atoms with Gasteiger partial charge in [0.05, 0.1) is 11.4 Å². The van der Waals surface area contributed by atoms with Crippen molar-refractivity contribution in [3.05, 3.63) is 65.6 Å². The SMILES string of the molecule is Cc1ccc2nc(COc3cccc(C(=O)NCCS(C)(=O)=O)c3)cn2c1. The summed E-state index contributed by atoms with van der Waals surface area (Å²) in [5.74, 6) is 0.105. The van der Waals surface area contributed by atoms with Gasteiger partial charge in [-0.25, -0.2) is 13.4 Å². The molecule has 0 aliphatic heterocycles. The fourth-order valence-electron chi connectivity index (χ4n) is 2.56. The molecule has 3 aromatic rings. The van der Waals surface area contributed by atoms with Gasteiger partial charge in [0.25, 0.3) is 5.91 Å². The summed E-state index contributed by atoms with van der Waals surface area (Å²) >= 11 is 0. The maximum absolute atomic E-state index is 12.1.